The minimum Gasteiger partial charge on any atom is -0.392 e. The Labute approximate surface area is 112 Å². The summed E-state index contributed by atoms with van der Waals surface area (Å²) < 4.78 is 0.597. The molecule has 0 unspecified atom stereocenters. The van der Waals surface area contributed by atoms with Crippen LogP contribution in [-0.4, -0.2) is 38.6 Å². The molecule has 0 aliphatic heterocycles. The molecule has 0 saturated heterocycles. The lowest BCUT2D eigenvalue weighted by Gasteiger charge is -2.06. The van der Waals surface area contributed by atoms with Crippen molar-refractivity contribution in [3.8, 4) is 0 Å². The van der Waals surface area contributed by atoms with E-state index in [1.54, 1.807) is 6.92 Å². The minimum atomic E-state index is -0.620. The van der Waals surface area contributed by atoms with Crippen molar-refractivity contribution in [3.63, 3.8) is 0 Å². The van der Waals surface area contributed by atoms with Crippen LogP contribution >= 0.6 is 22.9 Å². The highest BCUT2D eigenvalue weighted by Gasteiger charge is 2.17. The number of hydrogen-bond acceptors (Lipinski definition) is 6. The van der Waals surface area contributed by atoms with E-state index in [-0.39, 0.29) is 17.5 Å². The van der Waals surface area contributed by atoms with Gasteiger partial charge in [-0.25, -0.2) is 9.97 Å². The molecule has 96 valence electrons. The molecule has 1 amide bonds. The quantitative estimate of drug-likeness (QED) is 0.827. The summed E-state index contributed by atoms with van der Waals surface area (Å²) >= 11 is 7.08. The van der Waals surface area contributed by atoms with Gasteiger partial charge in [-0.05, 0) is 25.4 Å². The fourth-order valence-electron chi connectivity index (χ4n) is 1.38. The van der Waals surface area contributed by atoms with Gasteiger partial charge >= 0.3 is 0 Å². The molecule has 2 heterocycles. The largest absolute Gasteiger partial charge is 0.392 e. The van der Waals surface area contributed by atoms with Gasteiger partial charge in [-0.3, -0.25) is 4.79 Å². The number of amides is 1. The van der Waals surface area contributed by atoms with Crippen LogP contribution in [0.5, 0.6) is 0 Å². The van der Waals surface area contributed by atoms with Gasteiger partial charge in [0, 0.05) is 6.54 Å². The molecule has 0 saturated carbocycles. The number of aromatic nitrogens is 3. The first-order chi connectivity index (χ1) is 8.47. The van der Waals surface area contributed by atoms with Gasteiger partial charge in [0.15, 0.2) is 11.3 Å². The van der Waals surface area contributed by atoms with Crippen LogP contribution in [0, 0.1) is 6.92 Å². The molecular formula is C10H11ClN4O2S. The molecule has 0 aromatic carbocycles. The Kier molecular flexibility index (Phi) is 3.74. The molecule has 2 rings (SSSR count). The number of carbonyl (C=O) groups is 1. The maximum absolute atomic E-state index is 11.9. The summed E-state index contributed by atoms with van der Waals surface area (Å²) in [6.45, 7) is 3.55. The van der Waals surface area contributed by atoms with Crippen molar-refractivity contribution in [3.05, 3.63) is 16.0 Å². The lowest BCUT2D eigenvalue weighted by atomic mass is 10.3. The van der Waals surface area contributed by atoms with Gasteiger partial charge in [0.05, 0.1) is 11.1 Å². The first-order valence-corrected chi connectivity index (χ1v) is 6.43. The summed E-state index contributed by atoms with van der Waals surface area (Å²) in [5.41, 5.74) is 0.607. The van der Waals surface area contributed by atoms with Crippen LogP contribution in [0.3, 0.4) is 0 Å². The number of aliphatic hydroxyl groups excluding tert-OH is 1. The minimum absolute atomic E-state index is 0.0185. The highest BCUT2D eigenvalue weighted by molar-refractivity contribution is 7.18. The van der Waals surface area contributed by atoms with Crippen molar-refractivity contribution < 1.29 is 9.90 Å². The fourth-order valence-corrected chi connectivity index (χ4v) is 2.39. The van der Waals surface area contributed by atoms with Crippen molar-refractivity contribution >= 4 is 39.2 Å². The number of thiazole rings is 1. The predicted octanol–water partition coefficient (Wildman–Crippen LogP) is 1.16. The molecule has 2 N–H and O–H groups in total. The van der Waals surface area contributed by atoms with Gasteiger partial charge in [-0.1, -0.05) is 0 Å². The van der Waals surface area contributed by atoms with Crippen LogP contribution in [0.1, 0.15) is 22.4 Å². The second kappa shape index (κ2) is 5.13. The number of hydrogen-bond donors (Lipinski definition) is 2. The van der Waals surface area contributed by atoms with Gasteiger partial charge in [0.25, 0.3) is 5.91 Å². The van der Waals surface area contributed by atoms with Crippen molar-refractivity contribution in [2.75, 3.05) is 6.54 Å². The Morgan fingerprint density at radius 3 is 2.89 bits per heavy atom. The molecule has 0 aliphatic carbocycles. The Morgan fingerprint density at radius 1 is 1.50 bits per heavy atom. The zero-order valence-corrected chi connectivity index (χ0v) is 11.3. The van der Waals surface area contributed by atoms with E-state index in [1.165, 1.54) is 11.3 Å². The first-order valence-electron chi connectivity index (χ1n) is 5.24. The molecule has 0 fully saturated rings. The molecule has 0 spiro atoms. The summed E-state index contributed by atoms with van der Waals surface area (Å²) in [6, 6.07) is 0. The molecule has 6 nitrogen and oxygen atoms in total. The summed E-state index contributed by atoms with van der Waals surface area (Å²) in [7, 11) is 0. The van der Waals surface area contributed by atoms with Crippen molar-refractivity contribution in [2.45, 2.75) is 20.0 Å². The summed E-state index contributed by atoms with van der Waals surface area (Å²) in [5.74, 6) is -0.395. The van der Waals surface area contributed by atoms with E-state index in [0.29, 0.717) is 10.3 Å². The highest BCUT2D eigenvalue weighted by Crippen LogP contribution is 2.24. The maximum Gasteiger partial charge on any atom is 0.271 e. The zero-order chi connectivity index (χ0) is 13.3. The van der Waals surface area contributed by atoms with Gasteiger partial charge < -0.3 is 10.4 Å². The number of aryl methyl sites for hydroxylation is 1. The molecule has 2 aromatic rings. The average Bonchev–Trinajstić information content (AvgIpc) is 2.64. The van der Waals surface area contributed by atoms with E-state index < -0.39 is 12.0 Å². The second-order valence-electron chi connectivity index (χ2n) is 3.79. The number of rotatable bonds is 3. The first kappa shape index (κ1) is 13.1. The zero-order valence-electron chi connectivity index (χ0n) is 9.77. The third-order valence-electron chi connectivity index (χ3n) is 2.11. The summed E-state index contributed by atoms with van der Waals surface area (Å²) in [5, 5.41) is 12.5. The molecule has 0 bridgehead atoms. The molecule has 0 aliphatic rings. The van der Waals surface area contributed by atoms with Gasteiger partial charge in [0.2, 0.25) is 5.28 Å². The third-order valence-corrected chi connectivity index (χ3v) is 3.24. The number of nitrogens with one attached hydrogen (secondary N) is 1. The smallest absolute Gasteiger partial charge is 0.271 e. The van der Waals surface area contributed by atoms with Crippen molar-refractivity contribution in [2.24, 2.45) is 0 Å². The third kappa shape index (κ3) is 2.74. The van der Waals surface area contributed by atoms with E-state index in [0.717, 1.165) is 5.01 Å². The standard InChI is InChI=1S/C10H11ClN4O2S/c1-4(16)3-12-9(17)6-7-8(13-5(2)18-7)15-10(11)14-6/h4,16H,3H2,1-2H3,(H,12,17)/t4-/m1/s1. The van der Waals surface area contributed by atoms with E-state index in [9.17, 15) is 4.79 Å². The van der Waals surface area contributed by atoms with Crippen LogP contribution < -0.4 is 5.32 Å². The SMILES string of the molecule is Cc1nc2nc(Cl)nc(C(=O)NC[C@@H](C)O)c2s1. The van der Waals surface area contributed by atoms with Crippen LogP contribution in [0.2, 0.25) is 5.28 Å². The molecular weight excluding hydrogens is 276 g/mol. The fraction of sp³-hybridized carbons (Fsp3) is 0.400. The van der Waals surface area contributed by atoms with Crippen LogP contribution in [0.15, 0.2) is 0 Å². The van der Waals surface area contributed by atoms with Crippen LogP contribution in [0.4, 0.5) is 0 Å². The van der Waals surface area contributed by atoms with E-state index in [2.05, 4.69) is 20.3 Å². The normalized spacial score (nSPS) is 12.7. The average molecular weight is 287 g/mol. The van der Waals surface area contributed by atoms with E-state index in [4.69, 9.17) is 16.7 Å². The molecule has 18 heavy (non-hydrogen) atoms. The maximum atomic E-state index is 11.9. The van der Waals surface area contributed by atoms with E-state index in [1.807, 2.05) is 6.92 Å². The number of aliphatic hydroxyl groups is 1. The highest BCUT2D eigenvalue weighted by atomic mass is 35.5. The molecule has 2 aromatic heterocycles. The lowest BCUT2D eigenvalue weighted by molar-refractivity contribution is 0.0921. The monoisotopic (exact) mass is 286 g/mol. The Balaban J connectivity index is 2.39. The molecule has 1 atom stereocenters. The summed E-state index contributed by atoms with van der Waals surface area (Å²) in [4.78, 5) is 24.0. The topological polar surface area (TPSA) is 88.0 Å². The number of fused-ring (bicyclic) bond motifs is 1. The Morgan fingerprint density at radius 2 is 2.22 bits per heavy atom. The van der Waals surface area contributed by atoms with Crippen molar-refractivity contribution in [1.82, 2.24) is 20.3 Å². The van der Waals surface area contributed by atoms with Gasteiger partial charge in [0.1, 0.15) is 4.70 Å². The van der Waals surface area contributed by atoms with Crippen LogP contribution in [-0.2, 0) is 0 Å². The number of carbonyl (C=O) groups excluding carboxylic acids is 1. The summed E-state index contributed by atoms with van der Waals surface area (Å²) in [6.07, 6.45) is -0.620. The van der Waals surface area contributed by atoms with Gasteiger partial charge in [-0.2, -0.15) is 4.98 Å². The predicted molar refractivity (Wildman–Crippen MR) is 69.0 cm³/mol. The van der Waals surface area contributed by atoms with Gasteiger partial charge in [-0.15, -0.1) is 11.3 Å². The number of nitrogens with zero attached hydrogens (tertiary/aromatic N) is 3. The Bertz CT molecular complexity index is 599. The second-order valence-corrected chi connectivity index (χ2v) is 5.33. The Hall–Kier alpha value is -1.31. The lowest BCUT2D eigenvalue weighted by Crippen LogP contribution is -2.31. The number of halogens is 1. The van der Waals surface area contributed by atoms with Crippen molar-refractivity contribution in [1.29, 1.82) is 0 Å². The van der Waals surface area contributed by atoms with E-state index >= 15 is 0 Å². The van der Waals surface area contributed by atoms with Crippen LogP contribution in [0.25, 0.3) is 10.3 Å². The molecule has 8 heteroatoms. The molecule has 0 radical (unpaired) electrons.